The van der Waals surface area contributed by atoms with Crippen molar-refractivity contribution in [1.82, 2.24) is 10.6 Å². The topological polar surface area (TPSA) is 41.1 Å². The first-order chi connectivity index (χ1) is 6.40. The van der Waals surface area contributed by atoms with Gasteiger partial charge in [0.25, 0.3) is 0 Å². The van der Waals surface area contributed by atoms with E-state index in [0.29, 0.717) is 13.1 Å². The second-order valence-corrected chi connectivity index (χ2v) is 3.58. The van der Waals surface area contributed by atoms with E-state index < -0.39 is 18.6 Å². The van der Waals surface area contributed by atoms with Crippen LogP contribution >= 0.6 is 0 Å². The van der Waals surface area contributed by atoms with Gasteiger partial charge in [-0.3, -0.25) is 4.79 Å². The van der Waals surface area contributed by atoms with E-state index in [-0.39, 0.29) is 11.8 Å². The van der Waals surface area contributed by atoms with E-state index in [0.717, 1.165) is 0 Å². The summed E-state index contributed by atoms with van der Waals surface area (Å²) in [6, 6.07) is 0. The van der Waals surface area contributed by atoms with Gasteiger partial charge in [-0.2, -0.15) is 13.2 Å². The molecule has 0 aromatic rings. The molecule has 1 saturated heterocycles. The number of amides is 1. The summed E-state index contributed by atoms with van der Waals surface area (Å²) in [5.74, 6) is -0.750. The van der Waals surface area contributed by atoms with E-state index in [4.69, 9.17) is 0 Å². The minimum Gasteiger partial charge on any atom is -0.347 e. The van der Waals surface area contributed by atoms with Crippen molar-refractivity contribution in [2.45, 2.75) is 13.1 Å². The number of halogens is 3. The van der Waals surface area contributed by atoms with E-state index >= 15 is 0 Å². The fraction of sp³-hybridized carbons (Fsp3) is 0.875. The van der Waals surface area contributed by atoms with Gasteiger partial charge in [0.15, 0.2) is 0 Å². The first-order valence-corrected chi connectivity index (χ1v) is 4.45. The maximum Gasteiger partial charge on any atom is 0.405 e. The molecule has 14 heavy (non-hydrogen) atoms. The summed E-state index contributed by atoms with van der Waals surface area (Å²) in [6.45, 7) is 1.75. The van der Waals surface area contributed by atoms with Gasteiger partial charge < -0.3 is 10.6 Å². The average Bonchev–Trinajstić information content (AvgIpc) is 2.46. The van der Waals surface area contributed by atoms with Crippen LogP contribution in [0.3, 0.4) is 0 Å². The Hall–Kier alpha value is -0.780. The monoisotopic (exact) mass is 210 g/mol. The molecule has 6 heteroatoms. The molecule has 0 unspecified atom stereocenters. The first kappa shape index (κ1) is 11.3. The number of rotatable bonds is 2. The quantitative estimate of drug-likeness (QED) is 0.697. The number of hydrogen-bond acceptors (Lipinski definition) is 2. The standard InChI is InChI=1S/C8H13F3N2O/c1-5-2-12-3-6(5)7(14)13-4-8(9,10)11/h5-6,12H,2-4H2,1H3,(H,13,14)/t5-,6-/m1/s1. The number of hydrogen-bond donors (Lipinski definition) is 2. The molecule has 0 radical (unpaired) electrons. The molecule has 0 spiro atoms. The zero-order chi connectivity index (χ0) is 10.8. The molecule has 0 aromatic carbocycles. The fourth-order valence-electron chi connectivity index (χ4n) is 1.48. The molecule has 3 nitrogen and oxygen atoms in total. The van der Waals surface area contributed by atoms with Crippen LogP contribution in [0, 0.1) is 11.8 Å². The molecule has 82 valence electrons. The first-order valence-electron chi connectivity index (χ1n) is 4.45. The van der Waals surface area contributed by atoms with Crippen molar-refractivity contribution in [2.75, 3.05) is 19.6 Å². The van der Waals surface area contributed by atoms with E-state index in [1.807, 2.05) is 12.2 Å². The minimum atomic E-state index is -4.33. The van der Waals surface area contributed by atoms with Gasteiger partial charge in [0.05, 0.1) is 5.92 Å². The zero-order valence-corrected chi connectivity index (χ0v) is 7.82. The van der Waals surface area contributed by atoms with Crippen molar-refractivity contribution in [1.29, 1.82) is 0 Å². The third kappa shape index (κ3) is 3.17. The molecule has 1 amide bonds. The van der Waals surface area contributed by atoms with Crippen LogP contribution in [0.25, 0.3) is 0 Å². The SMILES string of the molecule is C[C@@H]1CNC[C@H]1C(=O)NCC(F)(F)F. The Bertz CT molecular complexity index is 217. The summed E-state index contributed by atoms with van der Waals surface area (Å²) in [7, 11) is 0. The van der Waals surface area contributed by atoms with Crippen LogP contribution in [0.2, 0.25) is 0 Å². The van der Waals surface area contributed by atoms with Crippen LogP contribution in [0.1, 0.15) is 6.92 Å². The zero-order valence-electron chi connectivity index (χ0n) is 7.82. The van der Waals surface area contributed by atoms with Crippen molar-refractivity contribution in [3.05, 3.63) is 0 Å². The van der Waals surface area contributed by atoms with Gasteiger partial charge in [0.1, 0.15) is 6.54 Å². The Balaban J connectivity index is 2.35. The van der Waals surface area contributed by atoms with Gasteiger partial charge in [-0.25, -0.2) is 0 Å². The fourth-order valence-corrected chi connectivity index (χ4v) is 1.48. The summed E-state index contributed by atoms with van der Waals surface area (Å²) < 4.78 is 35.3. The van der Waals surface area contributed by atoms with Crippen LogP contribution in [0.5, 0.6) is 0 Å². The lowest BCUT2D eigenvalue weighted by molar-refractivity contribution is -0.141. The van der Waals surface area contributed by atoms with Crippen molar-refractivity contribution < 1.29 is 18.0 Å². The summed E-state index contributed by atoms with van der Waals surface area (Å²) in [4.78, 5) is 11.3. The third-order valence-electron chi connectivity index (χ3n) is 2.32. The molecule has 1 aliphatic rings. The predicted octanol–water partition coefficient (Wildman–Crippen LogP) is 0.520. The van der Waals surface area contributed by atoms with E-state index in [1.54, 1.807) is 0 Å². The lowest BCUT2D eigenvalue weighted by atomic mass is 9.97. The van der Waals surface area contributed by atoms with E-state index in [9.17, 15) is 18.0 Å². The highest BCUT2D eigenvalue weighted by Gasteiger charge is 2.33. The Labute approximate surface area is 80.0 Å². The molecule has 0 aliphatic carbocycles. The second-order valence-electron chi connectivity index (χ2n) is 3.58. The Morgan fingerprint density at radius 3 is 2.57 bits per heavy atom. The molecule has 1 heterocycles. The van der Waals surface area contributed by atoms with Crippen molar-refractivity contribution in [3.8, 4) is 0 Å². The molecule has 0 bridgehead atoms. The van der Waals surface area contributed by atoms with Crippen molar-refractivity contribution >= 4 is 5.91 Å². The molecule has 1 rings (SSSR count). The number of carbonyl (C=O) groups excluding carboxylic acids is 1. The molecule has 1 fully saturated rings. The van der Waals surface area contributed by atoms with Crippen LogP contribution < -0.4 is 10.6 Å². The van der Waals surface area contributed by atoms with Gasteiger partial charge in [-0.05, 0) is 12.5 Å². The van der Waals surface area contributed by atoms with E-state index in [1.165, 1.54) is 0 Å². The van der Waals surface area contributed by atoms with Crippen LogP contribution in [-0.2, 0) is 4.79 Å². The highest BCUT2D eigenvalue weighted by molar-refractivity contribution is 5.79. The lowest BCUT2D eigenvalue weighted by Crippen LogP contribution is -2.39. The third-order valence-corrected chi connectivity index (χ3v) is 2.32. The largest absolute Gasteiger partial charge is 0.405 e. The highest BCUT2D eigenvalue weighted by Crippen LogP contribution is 2.17. The van der Waals surface area contributed by atoms with Gasteiger partial charge >= 0.3 is 6.18 Å². The molecular weight excluding hydrogens is 197 g/mol. The Morgan fingerprint density at radius 1 is 1.50 bits per heavy atom. The molecule has 0 saturated carbocycles. The highest BCUT2D eigenvalue weighted by atomic mass is 19.4. The number of alkyl halides is 3. The maximum absolute atomic E-state index is 11.8. The number of carbonyl (C=O) groups is 1. The van der Waals surface area contributed by atoms with Crippen molar-refractivity contribution in [3.63, 3.8) is 0 Å². The van der Waals surface area contributed by atoms with E-state index in [2.05, 4.69) is 5.32 Å². The number of nitrogens with one attached hydrogen (secondary N) is 2. The molecule has 2 atom stereocenters. The van der Waals surface area contributed by atoms with Gasteiger partial charge in [0, 0.05) is 6.54 Å². The van der Waals surface area contributed by atoms with Gasteiger partial charge in [-0.15, -0.1) is 0 Å². The molecular formula is C8H13F3N2O. The lowest BCUT2D eigenvalue weighted by Gasteiger charge is -2.15. The molecule has 1 aliphatic heterocycles. The summed E-state index contributed by atoms with van der Waals surface area (Å²) in [5.41, 5.74) is 0. The average molecular weight is 210 g/mol. The molecule has 0 aromatic heterocycles. The smallest absolute Gasteiger partial charge is 0.347 e. The van der Waals surface area contributed by atoms with Crippen LogP contribution in [0.15, 0.2) is 0 Å². The van der Waals surface area contributed by atoms with Crippen LogP contribution in [0.4, 0.5) is 13.2 Å². The second kappa shape index (κ2) is 4.16. The summed E-state index contributed by atoms with van der Waals surface area (Å²) in [6.07, 6.45) is -4.33. The predicted molar refractivity (Wildman–Crippen MR) is 44.6 cm³/mol. The molecule has 2 N–H and O–H groups in total. The van der Waals surface area contributed by atoms with Gasteiger partial charge in [-0.1, -0.05) is 6.92 Å². The Morgan fingerprint density at radius 2 is 2.14 bits per heavy atom. The summed E-state index contributed by atoms with van der Waals surface area (Å²) in [5, 5.41) is 4.85. The normalized spacial score (nSPS) is 27.7. The summed E-state index contributed by atoms with van der Waals surface area (Å²) >= 11 is 0. The maximum atomic E-state index is 11.8. The van der Waals surface area contributed by atoms with Gasteiger partial charge in [0.2, 0.25) is 5.91 Å². The van der Waals surface area contributed by atoms with Crippen LogP contribution in [-0.4, -0.2) is 31.7 Å². The Kier molecular flexibility index (Phi) is 3.36. The minimum absolute atomic E-state index is 0.100. The van der Waals surface area contributed by atoms with Crippen molar-refractivity contribution in [2.24, 2.45) is 11.8 Å².